The van der Waals surface area contributed by atoms with Gasteiger partial charge in [-0.1, -0.05) is 30.3 Å². The number of aryl methyl sites for hydroxylation is 1. The third kappa shape index (κ3) is 2.78. The number of carbonyl (C=O) groups excluding carboxylic acids is 1. The number of hydrogen-bond donors (Lipinski definition) is 1. The van der Waals surface area contributed by atoms with Crippen LogP contribution in [0, 0.1) is 0 Å². The highest BCUT2D eigenvalue weighted by Crippen LogP contribution is 2.18. The molecule has 0 saturated carbocycles. The van der Waals surface area contributed by atoms with Gasteiger partial charge in [0, 0.05) is 19.3 Å². The molecule has 8 heteroatoms. The molecule has 1 N–H and O–H groups in total. The largest absolute Gasteiger partial charge is 0.307 e. The van der Waals surface area contributed by atoms with E-state index in [4.69, 9.17) is 0 Å². The van der Waals surface area contributed by atoms with Gasteiger partial charge in [0.1, 0.15) is 6.33 Å². The van der Waals surface area contributed by atoms with Crippen molar-refractivity contribution in [3.05, 3.63) is 54.5 Å². The predicted octanol–water partition coefficient (Wildman–Crippen LogP) is 0.635. The summed E-state index contributed by atoms with van der Waals surface area (Å²) < 4.78 is 3.03. The van der Waals surface area contributed by atoms with Gasteiger partial charge in [0.25, 0.3) is 5.91 Å². The lowest BCUT2D eigenvalue weighted by Gasteiger charge is -2.15. The smallest absolute Gasteiger partial charge is 0.255 e. The molecular weight excluding hydrogens is 270 g/mol. The highest BCUT2D eigenvalue weighted by atomic mass is 16.2. The molecule has 0 radical (unpaired) electrons. The molecule has 21 heavy (non-hydrogen) atoms. The van der Waals surface area contributed by atoms with Gasteiger partial charge in [-0.05, 0) is 16.0 Å². The van der Waals surface area contributed by atoms with Crippen molar-refractivity contribution in [2.24, 2.45) is 7.05 Å². The van der Waals surface area contributed by atoms with Crippen LogP contribution in [0.4, 0.5) is 5.82 Å². The fraction of sp³-hybridized carbons (Fsp3) is 0.154. The van der Waals surface area contributed by atoms with Gasteiger partial charge in [-0.15, -0.1) is 5.10 Å². The van der Waals surface area contributed by atoms with Crippen LogP contribution in [0.25, 0.3) is 0 Å². The van der Waals surface area contributed by atoms with E-state index in [2.05, 4.69) is 25.9 Å². The SMILES string of the molecule is Cn1ccc(NC(=O)[C@H](c2ccccc2)n2cnnn2)n1. The molecule has 0 bridgehead atoms. The van der Waals surface area contributed by atoms with Crippen molar-refractivity contribution in [3.63, 3.8) is 0 Å². The summed E-state index contributed by atoms with van der Waals surface area (Å²) in [5.41, 5.74) is 0.790. The van der Waals surface area contributed by atoms with Crippen LogP contribution in [-0.2, 0) is 11.8 Å². The number of nitrogens with one attached hydrogen (secondary N) is 1. The highest BCUT2D eigenvalue weighted by Gasteiger charge is 2.24. The molecule has 0 aliphatic heterocycles. The number of nitrogens with zero attached hydrogens (tertiary/aromatic N) is 6. The zero-order valence-electron chi connectivity index (χ0n) is 11.3. The summed E-state index contributed by atoms with van der Waals surface area (Å²) in [7, 11) is 1.78. The van der Waals surface area contributed by atoms with Gasteiger partial charge in [-0.3, -0.25) is 9.48 Å². The van der Waals surface area contributed by atoms with Crippen molar-refractivity contribution in [2.75, 3.05) is 5.32 Å². The first-order chi connectivity index (χ1) is 10.2. The Bertz CT molecular complexity index is 720. The van der Waals surface area contributed by atoms with Gasteiger partial charge in [-0.25, -0.2) is 4.68 Å². The third-order valence-electron chi connectivity index (χ3n) is 2.96. The molecule has 0 saturated heterocycles. The standard InChI is InChI=1S/C13H13N7O/c1-19-8-7-11(16-19)15-13(21)12(20-9-14-17-18-20)10-5-3-2-4-6-10/h2-9,12H,1H3,(H,15,16,21)/t12-/m0/s1. The van der Waals surface area contributed by atoms with E-state index in [0.29, 0.717) is 5.82 Å². The molecule has 1 atom stereocenters. The van der Waals surface area contributed by atoms with Crippen LogP contribution in [0.5, 0.6) is 0 Å². The topological polar surface area (TPSA) is 90.5 Å². The molecule has 0 fully saturated rings. The summed E-state index contributed by atoms with van der Waals surface area (Å²) in [6.07, 6.45) is 3.17. The lowest BCUT2D eigenvalue weighted by atomic mass is 10.1. The fourth-order valence-electron chi connectivity index (χ4n) is 2.02. The minimum absolute atomic E-state index is 0.257. The molecular formula is C13H13N7O. The molecule has 0 spiro atoms. The Morgan fingerprint density at radius 3 is 2.67 bits per heavy atom. The zero-order valence-corrected chi connectivity index (χ0v) is 11.3. The van der Waals surface area contributed by atoms with E-state index in [1.165, 1.54) is 11.0 Å². The van der Waals surface area contributed by atoms with E-state index in [1.807, 2.05) is 30.3 Å². The number of carbonyl (C=O) groups is 1. The van der Waals surface area contributed by atoms with E-state index in [0.717, 1.165) is 5.56 Å². The van der Waals surface area contributed by atoms with Crippen LogP contribution in [0.1, 0.15) is 11.6 Å². The number of amides is 1. The van der Waals surface area contributed by atoms with E-state index >= 15 is 0 Å². The van der Waals surface area contributed by atoms with Crippen LogP contribution in [0.15, 0.2) is 48.9 Å². The zero-order chi connectivity index (χ0) is 14.7. The lowest BCUT2D eigenvalue weighted by molar-refractivity contribution is -0.118. The Kier molecular flexibility index (Phi) is 3.42. The Hall–Kier alpha value is -3.03. The van der Waals surface area contributed by atoms with E-state index in [1.54, 1.807) is 24.0 Å². The molecule has 0 aliphatic rings. The number of hydrogen-bond acceptors (Lipinski definition) is 5. The van der Waals surface area contributed by atoms with Gasteiger partial charge in [0.15, 0.2) is 11.9 Å². The molecule has 2 aromatic heterocycles. The van der Waals surface area contributed by atoms with Crippen molar-refractivity contribution in [2.45, 2.75) is 6.04 Å². The van der Waals surface area contributed by atoms with Crippen LogP contribution < -0.4 is 5.32 Å². The summed E-state index contributed by atoms with van der Waals surface area (Å²) in [6.45, 7) is 0. The fourth-order valence-corrected chi connectivity index (χ4v) is 2.02. The first kappa shape index (κ1) is 13.0. The maximum absolute atomic E-state index is 12.5. The minimum atomic E-state index is -0.650. The number of anilines is 1. The number of rotatable bonds is 4. The van der Waals surface area contributed by atoms with Crippen LogP contribution in [-0.4, -0.2) is 35.9 Å². The monoisotopic (exact) mass is 283 g/mol. The number of benzene rings is 1. The van der Waals surface area contributed by atoms with Crippen molar-refractivity contribution < 1.29 is 4.79 Å². The van der Waals surface area contributed by atoms with E-state index < -0.39 is 6.04 Å². The summed E-state index contributed by atoms with van der Waals surface area (Å²) in [4.78, 5) is 12.5. The van der Waals surface area contributed by atoms with Crippen molar-refractivity contribution >= 4 is 11.7 Å². The third-order valence-corrected chi connectivity index (χ3v) is 2.96. The molecule has 0 unspecified atom stereocenters. The Balaban J connectivity index is 1.90. The Labute approximate surface area is 120 Å². The Morgan fingerprint density at radius 2 is 2.05 bits per heavy atom. The van der Waals surface area contributed by atoms with Crippen molar-refractivity contribution in [1.82, 2.24) is 30.0 Å². The van der Waals surface area contributed by atoms with Crippen LogP contribution in [0.2, 0.25) is 0 Å². The van der Waals surface area contributed by atoms with Gasteiger partial charge in [0.05, 0.1) is 0 Å². The summed E-state index contributed by atoms with van der Waals surface area (Å²) in [6, 6.07) is 10.4. The van der Waals surface area contributed by atoms with Crippen molar-refractivity contribution in [3.8, 4) is 0 Å². The van der Waals surface area contributed by atoms with Crippen LogP contribution >= 0.6 is 0 Å². The molecule has 1 amide bonds. The average molecular weight is 283 g/mol. The first-order valence-corrected chi connectivity index (χ1v) is 6.32. The average Bonchev–Trinajstić information content (AvgIpc) is 3.13. The molecule has 106 valence electrons. The second kappa shape index (κ2) is 5.53. The second-order valence-electron chi connectivity index (χ2n) is 4.47. The number of tetrazole rings is 1. The van der Waals surface area contributed by atoms with E-state index in [9.17, 15) is 4.79 Å². The van der Waals surface area contributed by atoms with Crippen molar-refractivity contribution in [1.29, 1.82) is 0 Å². The molecule has 3 rings (SSSR count). The first-order valence-electron chi connectivity index (χ1n) is 6.32. The molecule has 3 aromatic rings. The summed E-state index contributed by atoms with van der Waals surface area (Å²) in [5.74, 6) is 0.226. The van der Waals surface area contributed by atoms with Gasteiger partial charge >= 0.3 is 0 Å². The molecule has 8 nitrogen and oxygen atoms in total. The summed E-state index contributed by atoms with van der Waals surface area (Å²) >= 11 is 0. The van der Waals surface area contributed by atoms with E-state index in [-0.39, 0.29) is 5.91 Å². The highest BCUT2D eigenvalue weighted by molar-refractivity contribution is 5.94. The minimum Gasteiger partial charge on any atom is -0.307 e. The predicted molar refractivity (Wildman–Crippen MR) is 74.2 cm³/mol. The van der Waals surface area contributed by atoms with Crippen LogP contribution in [0.3, 0.4) is 0 Å². The maximum Gasteiger partial charge on any atom is 0.255 e. The molecule has 2 heterocycles. The number of aromatic nitrogens is 6. The maximum atomic E-state index is 12.5. The quantitative estimate of drug-likeness (QED) is 0.758. The summed E-state index contributed by atoms with van der Waals surface area (Å²) in [5, 5.41) is 17.9. The molecule has 0 aliphatic carbocycles. The van der Waals surface area contributed by atoms with Gasteiger partial charge < -0.3 is 5.32 Å². The lowest BCUT2D eigenvalue weighted by Crippen LogP contribution is -2.27. The molecule has 1 aromatic carbocycles. The van der Waals surface area contributed by atoms with Gasteiger partial charge in [0.2, 0.25) is 0 Å². The normalized spacial score (nSPS) is 12.0. The Morgan fingerprint density at radius 1 is 1.24 bits per heavy atom. The second-order valence-corrected chi connectivity index (χ2v) is 4.47. The van der Waals surface area contributed by atoms with Gasteiger partial charge in [-0.2, -0.15) is 5.10 Å².